The van der Waals surface area contributed by atoms with Gasteiger partial charge in [-0.2, -0.15) is 5.10 Å². The molecule has 3 heterocycles. The molecule has 0 spiro atoms. The minimum absolute atomic E-state index is 0.223. The summed E-state index contributed by atoms with van der Waals surface area (Å²) >= 11 is 0. The van der Waals surface area contributed by atoms with Crippen LogP contribution < -0.4 is 4.90 Å². The number of amides is 1. The van der Waals surface area contributed by atoms with Crippen LogP contribution in [0, 0.1) is 0 Å². The molecule has 1 N–H and O–H groups in total. The third kappa shape index (κ3) is 3.50. The number of anilines is 1. The Morgan fingerprint density at radius 2 is 1.84 bits per heavy atom. The van der Waals surface area contributed by atoms with Crippen LogP contribution in [0.3, 0.4) is 0 Å². The van der Waals surface area contributed by atoms with Gasteiger partial charge in [-0.25, -0.2) is 9.97 Å². The average Bonchev–Trinajstić information content (AvgIpc) is 3.10. The molecule has 1 saturated heterocycles. The van der Waals surface area contributed by atoms with E-state index < -0.39 is 0 Å². The Hall–Kier alpha value is -2.44. The van der Waals surface area contributed by atoms with Crippen LogP contribution in [-0.4, -0.2) is 57.2 Å². The molecule has 2 aliphatic rings. The van der Waals surface area contributed by atoms with Crippen molar-refractivity contribution in [1.29, 1.82) is 0 Å². The number of hydrogen-bond donors (Lipinski definition) is 1. The first-order chi connectivity index (χ1) is 12.3. The van der Waals surface area contributed by atoms with E-state index in [-0.39, 0.29) is 5.91 Å². The smallest absolute Gasteiger partial charge is 0.225 e. The molecule has 1 aliphatic heterocycles. The quantitative estimate of drug-likeness (QED) is 0.909. The van der Waals surface area contributed by atoms with Crippen molar-refractivity contribution in [2.75, 3.05) is 31.1 Å². The number of aromatic amines is 1. The number of aryl methyl sites for hydroxylation is 2. The monoisotopic (exact) mass is 340 g/mol. The summed E-state index contributed by atoms with van der Waals surface area (Å²) in [4.78, 5) is 25.2. The molecule has 0 unspecified atom stereocenters. The van der Waals surface area contributed by atoms with Gasteiger partial charge in [0.15, 0.2) is 0 Å². The second-order valence-corrected chi connectivity index (χ2v) is 6.75. The fraction of sp³-hybridized carbons (Fsp3) is 0.556. The lowest BCUT2D eigenvalue weighted by atomic mass is 9.94. The first-order valence-corrected chi connectivity index (χ1v) is 9.16. The van der Waals surface area contributed by atoms with Gasteiger partial charge < -0.3 is 9.80 Å². The van der Waals surface area contributed by atoms with Gasteiger partial charge in [-0.05, 0) is 37.3 Å². The molecule has 132 valence electrons. The lowest BCUT2D eigenvalue weighted by Gasteiger charge is -2.34. The van der Waals surface area contributed by atoms with Crippen molar-refractivity contribution < 1.29 is 4.79 Å². The SMILES string of the molecule is O=C(CCc1n[nH]c2c1CCCC2)N1CCN(c2ncccn2)CC1. The largest absolute Gasteiger partial charge is 0.339 e. The molecule has 4 rings (SSSR count). The van der Waals surface area contributed by atoms with Crippen molar-refractivity contribution >= 4 is 11.9 Å². The summed E-state index contributed by atoms with van der Waals surface area (Å²) in [5, 5.41) is 7.60. The van der Waals surface area contributed by atoms with Crippen LogP contribution in [0.25, 0.3) is 0 Å². The Morgan fingerprint density at radius 1 is 1.08 bits per heavy atom. The summed E-state index contributed by atoms with van der Waals surface area (Å²) in [6.07, 6.45) is 9.46. The Labute approximate surface area is 147 Å². The van der Waals surface area contributed by atoms with Crippen molar-refractivity contribution in [3.05, 3.63) is 35.4 Å². The molecule has 1 aliphatic carbocycles. The van der Waals surface area contributed by atoms with Gasteiger partial charge in [0.2, 0.25) is 11.9 Å². The number of rotatable bonds is 4. The molecular formula is C18H24N6O. The fourth-order valence-electron chi connectivity index (χ4n) is 3.75. The van der Waals surface area contributed by atoms with Crippen LogP contribution in [0.15, 0.2) is 18.5 Å². The van der Waals surface area contributed by atoms with Gasteiger partial charge in [-0.15, -0.1) is 0 Å². The summed E-state index contributed by atoms with van der Waals surface area (Å²) in [5.74, 6) is 0.971. The zero-order chi connectivity index (χ0) is 17.1. The Bertz CT molecular complexity index is 720. The molecule has 0 bridgehead atoms. The van der Waals surface area contributed by atoms with Gasteiger partial charge in [-0.3, -0.25) is 9.89 Å². The van der Waals surface area contributed by atoms with E-state index in [4.69, 9.17) is 0 Å². The average molecular weight is 340 g/mol. The molecule has 0 radical (unpaired) electrons. The fourth-order valence-corrected chi connectivity index (χ4v) is 3.75. The maximum atomic E-state index is 12.5. The standard InChI is InChI=1S/C18H24N6O/c25-17(7-6-16-14-4-1-2-5-15(14)21-22-16)23-10-12-24(13-11-23)18-19-8-3-9-20-18/h3,8-9H,1-2,4-7,10-13H2,(H,21,22). The maximum Gasteiger partial charge on any atom is 0.225 e. The van der Waals surface area contributed by atoms with Gasteiger partial charge in [0.05, 0.1) is 5.69 Å². The predicted molar refractivity (Wildman–Crippen MR) is 94.4 cm³/mol. The van der Waals surface area contributed by atoms with Gasteiger partial charge >= 0.3 is 0 Å². The van der Waals surface area contributed by atoms with Crippen LogP contribution in [-0.2, 0) is 24.1 Å². The lowest BCUT2D eigenvalue weighted by molar-refractivity contribution is -0.131. The van der Waals surface area contributed by atoms with E-state index in [2.05, 4.69) is 25.1 Å². The number of carbonyl (C=O) groups is 1. The third-order valence-corrected chi connectivity index (χ3v) is 5.19. The van der Waals surface area contributed by atoms with Gasteiger partial charge in [0.1, 0.15) is 0 Å². The number of nitrogens with zero attached hydrogens (tertiary/aromatic N) is 5. The molecule has 2 aromatic rings. The van der Waals surface area contributed by atoms with Crippen LogP contribution in [0.1, 0.15) is 36.2 Å². The van der Waals surface area contributed by atoms with Crippen molar-refractivity contribution in [2.45, 2.75) is 38.5 Å². The molecule has 1 fully saturated rings. The summed E-state index contributed by atoms with van der Waals surface area (Å²) in [5.41, 5.74) is 3.75. The highest BCUT2D eigenvalue weighted by molar-refractivity contribution is 5.76. The minimum atomic E-state index is 0.223. The zero-order valence-corrected chi connectivity index (χ0v) is 14.4. The minimum Gasteiger partial charge on any atom is -0.339 e. The van der Waals surface area contributed by atoms with Crippen molar-refractivity contribution in [3.63, 3.8) is 0 Å². The Balaban J connectivity index is 1.29. The van der Waals surface area contributed by atoms with Crippen molar-refractivity contribution in [2.24, 2.45) is 0 Å². The van der Waals surface area contributed by atoms with Gasteiger partial charge in [0, 0.05) is 57.1 Å². The highest BCUT2D eigenvalue weighted by Crippen LogP contribution is 2.23. The molecule has 0 atom stereocenters. The summed E-state index contributed by atoms with van der Waals surface area (Å²) in [6.45, 7) is 3.03. The maximum absolute atomic E-state index is 12.5. The lowest BCUT2D eigenvalue weighted by Crippen LogP contribution is -2.49. The van der Waals surface area contributed by atoms with Crippen LogP contribution in [0.5, 0.6) is 0 Å². The van der Waals surface area contributed by atoms with Crippen LogP contribution >= 0.6 is 0 Å². The number of aromatic nitrogens is 4. The van der Waals surface area contributed by atoms with E-state index in [0.29, 0.717) is 6.42 Å². The number of hydrogen-bond acceptors (Lipinski definition) is 5. The molecule has 1 amide bonds. The molecule has 0 aromatic carbocycles. The number of H-pyrrole nitrogens is 1. The summed E-state index contributed by atoms with van der Waals surface area (Å²) < 4.78 is 0. The van der Waals surface area contributed by atoms with Gasteiger partial charge in [0.25, 0.3) is 0 Å². The molecular weight excluding hydrogens is 316 g/mol. The number of piperazine rings is 1. The van der Waals surface area contributed by atoms with Gasteiger partial charge in [-0.1, -0.05) is 0 Å². The second-order valence-electron chi connectivity index (χ2n) is 6.75. The zero-order valence-electron chi connectivity index (χ0n) is 14.4. The third-order valence-electron chi connectivity index (χ3n) is 5.19. The van der Waals surface area contributed by atoms with Crippen LogP contribution in [0.2, 0.25) is 0 Å². The van der Waals surface area contributed by atoms with E-state index in [1.807, 2.05) is 11.0 Å². The summed E-state index contributed by atoms with van der Waals surface area (Å²) in [6, 6.07) is 1.82. The number of carbonyl (C=O) groups excluding carboxylic acids is 1. The molecule has 7 heteroatoms. The topological polar surface area (TPSA) is 78.0 Å². The van der Waals surface area contributed by atoms with E-state index in [1.165, 1.54) is 24.1 Å². The molecule has 0 saturated carbocycles. The molecule has 7 nitrogen and oxygen atoms in total. The highest BCUT2D eigenvalue weighted by Gasteiger charge is 2.23. The molecule has 2 aromatic heterocycles. The normalized spacial score (nSPS) is 17.4. The highest BCUT2D eigenvalue weighted by atomic mass is 16.2. The van der Waals surface area contributed by atoms with E-state index in [1.54, 1.807) is 12.4 Å². The molecule has 25 heavy (non-hydrogen) atoms. The number of nitrogens with one attached hydrogen (secondary N) is 1. The first kappa shape index (κ1) is 16.1. The van der Waals surface area contributed by atoms with Crippen LogP contribution in [0.4, 0.5) is 5.95 Å². The summed E-state index contributed by atoms with van der Waals surface area (Å²) in [7, 11) is 0. The van der Waals surface area contributed by atoms with Crippen molar-refractivity contribution in [3.8, 4) is 0 Å². The Kier molecular flexibility index (Phi) is 4.63. The van der Waals surface area contributed by atoms with Crippen molar-refractivity contribution in [1.82, 2.24) is 25.1 Å². The van der Waals surface area contributed by atoms with E-state index in [9.17, 15) is 4.79 Å². The number of fused-ring (bicyclic) bond motifs is 1. The van der Waals surface area contributed by atoms with E-state index >= 15 is 0 Å². The van der Waals surface area contributed by atoms with E-state index in [0.717, 1.165) is 57.1 Å². The first-order valence-electron chi connectivity index (χ1n) is 9.16. The Morgan fingerprint density at radius 3 is 2.64 bits per heavy atom. The second kappa shape index (κ2) is 7.21. The predicted octanol–water partition coefficient (Wildman–Crippen LogP) is 1.36.